The normalized spacial score (nSPS) is 14.5. The molecule has 0 spiro atoms. The van der Waals surface area contributed by atoms with E-state index < -0.39 is 76.0 Å². The highest BCUT2D eigenvalue weighted by molar-refractivity contribution is 7.88. The van der Waals surface area contributed by atoms with Gasteiger partial charge in [0, 0.05) is 16.7 Å². The number of carbonyl (C=O) groups excluding carboxylic acids is 2. The van der Waals surface area contributed by atoms with Crippen LogP contribution in [0.15, 0.2) is 30.3 Å². The summed E-state index contributed by atoms with van der Waals surface area (Å²) in [5.74, 6) is -5.83. The molecule has 0 fully saturated rings. The predicted octanol–water partition coefficient (Wildman–Crippen LogP) is 3.57. The minimum atomic E-state index is -6.59. The third kappa shape index (κ3) is 4.13. The Hall–Kier alpha value is -2.85. The number of hydrogen-bond donors (Lipinski definition) is 0. The van der Waals surface area contributed by atoms with E-state index in [0.29, 0.717) is 0 Å². The minimum Gasteiger partial charge on any atom is -0.374 e. The molecule has 8 nitrogen and oxygen atoms in total. The quantitative estimate of drug-likeness (QED) is 0.281. The summed E-state index contributed by atoms with van der Waals surface area (Å²) >= 11 is 5.62. The number of halogens is 7. The zero-order valence-electron chi connectivity index (χ0n) is 15.1. The first-order valence-electron chi connectivity index (χ1n) is 7.95. The zero-order valence-corrected chi connectivity index (χ0v) is 17.5. The molecule has 0 saturated carbocycles. The summed E-state index contributed by atoms with van der Waals surface area (Å²) in [7, 11) is -13.1. The van der Waals surface area contributed by atoms with Crippen LogP contribution in [0.25, 0.3) is 0 Å². The number of alkyl halides is 6. The van der Waals surface area contributed by atoms with Gasteiger partial charge in [0.25, 0.3) is 0 Å². The van der Waals surface area contributed by atoms with Crippen molar-refractivity contribution in [1.82, 2.24) is 0 Å². The third-order valence-electron chi connectivity index (χ3n) is 4.03. The second-order valence-corrected chi connectivity index (χ2v) is 9.56. The van der Waals surface area contributed by atoms with Gasteiger partial charge < -0.3 is 8.37 Å². The van der Waals surface area contributed by atoms with Crippen molar-refractivity contribution >= 4 is 43.4 Å². The second kappa shape index (κ2) is 7.59. The topological polar surface area (TPSA) is 121 Å². The van der Waals surface area contributed by atoms with Crippen LogP contribution in [0.2, 0.25) is 5.02 Å². The Bertz CT molecular complexity index is 1410. The number of ketones is 2. The maximum atomic E-state index is 12.8. The van der Waals surface area contributed by atoms with Crippen LogP contribution in [0.5, 0.6) is 11.5 Å². The van der Waals surface area contributed by atoms with E-state index in [1.54, 1.807) is 0 Å². The van der Waals surface area contributed by atoms with Crippen molar-refractivity contribution in [1.29, 1.82) is 0 Å². The monoisotopic (exact) mass is 538 g/mol. The van der Waals surface area contributed by atoms with Crippen molar-refractivity contribution in [3.63, 3.8) is 0 Å². The Kier molecular flexibility index (Phi) is 5.70. The fourth-order valence-corrected chi connectivity index (χ4v) is 3.90. The maximum Gasteiger partial charge on any atom is 0.534 e. The van der Waals surface area contributed by atoms with Gasteiger partial charge in [-0.05, 0) is 6.07 Å². The lowest BCUT2D eigenvalue weighted by atomic mass is 9.83. The number of carbonyl (C=O) groups is 2. The molecule has 0 unspecified atom stereocenters. The van der Waals surface area contributed by atoms with Crippen LogP contribution in [0.1, 0.15) is 31.8 Å². The Morgan fingerprint density at radius 1 is 0.727 bits per heavy atom. The van der Waals surface area contributed by atoms with Gasteiger partial charge >= 0.3 is 31.3 Å². The van der Waals surface area contributed by atoms with Crippen LogP contribution < -0.4 is 8.37 Å². The number of fused-ring (bicyclic) bond motifs is 2. The molecule has 0 aromatic heterocycles. The lowest BCUT2D eigenvalue weighted by Gasteiger charge is -2.22. The molecule has 0 saturated heterocycles. The van der Waals surface area contributed by atoms with E-state index in [-0.39, 0.29) is 11.6 Å². The number of hydrogen-bond acceptors (Lipinski definition) is 8. The maximum absolute atomic E-state index is 12.8. The highest BCUT2D eigenvalue weighted by Gasteiger charge is 2.51. The average molecular weight is 539 g/mol. The first-order chi connectivity index (χ1) is 14.9. The standard InChI is InChI=1S/C16H5ClF6O8S2/c17-11-9(30-32(26,27)15(18,19)20)5-8-10(14(11)31-33(28,29)16(21,22)23)13(25)7-4-2-1-3-6(7)12(8)24/h1-5H. The molecule has 33 heavy (non-hydrogen) atoms. The van der Waals surface area contributed by atoms with Crippen molar-refractivity contribution in [2.24, 2.45) is 0 Å². The van der Waals surface area contributed by atoms with Crippen molar-refractivity contribution in [3.8, 4) is 11.5 Å². The number of benzene rings is 2. The van der Waals surface area contributed by atoms with Gasteiger partial charge in [-0.15, -0.1) is 0 Å². The van der Waals surface area contributed by atoms with Gasteiger partial charge in [0.15, 0.2) is 23.1 Å². The molecule has 0 radical (unpaired) electrons. The first kappa shape index (κ1) is 24.8. The minimum absolute atomic E-state index is 0.240. The van der Waals surface area contributed by atoms with E-state index in [0.717, 1.165) is 12.1 Å². The fourth-order valence-electron chi connectivity index (χ4n) is 2.64. The predicted molar refractivity (Wildman–Crippen MR) is 96.0 cm³/mol. The van der Waals surface area contributed by atoms with Crippen molar-refractivity contribution in [2.45, 2.75) is 11.0 Å². The highest BCUT2D eigenvalue weighted by Crippen LogP contribution is 2.46. The van der Waals surface area contributed by atoms with E-state index in [1.165, 1.54) is 12.1 Å². The van der Waals surface area contributed by atoms with Gasteiger partial charge in [-0.2, -0.15) is 43.2 Å². The fraction of sp³-hybridized carbons (Fsp3) is 0.125. The third-order valence-corrected chi connectivity index (χ3v) is 6.31. The summed E-state index contributed by atoms with van der Waals surface area (Å²) in [5, 5.41) is -1.56. The van der Waals surface area contributed by atoms with E-state index in [1.807, 2.05) is 0 Å². The van der Waals surface area contributed by atoms with Gasteiger partial charge in [0.2, 0.25) is 0 Å². The Balaban J connectivity index is 2.36. The van der Waals surface area contributed by atoms with Gasteiger partial charge in [-0.3, -0.25) is 9.59 Å². The largest absolute Gasteiger partial charge is 0.534 e. The molecule has 0 atom stereocenters. The summed E-state index contributed by atoms with van der Waals surface area (Å²) in [6, 6.07) is 4.88. The molecule has 2 aromatic rings. The molecule has 0 aliphatic heterocycles. The van der Waals surface area contributed by atoms with E-state index in [9.17, 15) is 52.8 Å². The Morgan fingerprint density at radius 3 is 1.67 bits per heavy atom. The van der Waals surface area contributed by atoms with Crippen LogP contribution in [0.3, 0.4) is 0 Å². The molecule has 1 aliphatic rings. The molecule has 3 rings (SSSR count). The van der Waals surface area contributed by atoms with E-state index in [4.69, 9.17) is 11.6 Å². The molecule has 2 aromatic carbocycles. The Labute approximate surface area is 184 Å². The van der Waals surface area contributed by atoms with Gasteiger partial charge in [-0.25, -0.2) is 0 Å². The Morgan fingerprint density at radius 2 is 1.18 bits per heavy atom. The molecule has 0 heterocycles. The molecule has 1 aliphatic carbocycles. The summed E-state index contributed by atoms with van der Waals surface area (Å²) in [5.41, 5.74) is -15.1. The van der Waals surface area contributed by atoms with Crippen molar-refractivity contribution < 1.29 is 61.1 Å². The molecule has 0 amide bonds. The smallest absolute Gasteiger partial charge is 0.374 e. The van der Waals surface area contributed by atoms with Gasteiger partial charge in [0.1, 0.15) is 5.02 Å². The summed E-state index contributed by atoms with van der Waals surface area (Å²) in [6.45, 7) is 0. The first-order valence-corrected chi connectivity index (χ1v) is 11.1. The van der Waals surface area contributed by atoms with E-state index >= 15 is 0 Å². The SMILES string of the molecule is O=C1c2ccccc2C(=O)c2c1cc(OS(=O)(=O)C(F)(F)F)c(Cl)c2OS(=O)(=O)C(F)(F)F. The summed E-state index contributed by atoms with van der Waals surface area (Å²) in [6.07, 6.45) is 0. The summed E-state index contributed by atoms with van der Waals surface area (Å²) in [4.78, 5) is 25.6. The lowest BCUT2D eigenvalue weighted by Crippen LogP contribution is -2.31. The molecular formula is C16H5ClF6O8S2. The molecule has 0 bridgehead atoms. The number of rotatable bonds is 4. The second-order valence-electron chi connectivity index (χ2n) is 6.11. The zero-order chi connectivity index (χ0) is 25.1. The van der Waals surface area contributed by atoms with Crippen molar-refractivity contribution in [2.75, 3.05) is 0 Å². The molecule has 178 valence electrons. The van der Waals surface area contributed by atoms with Crippen LogP contribution in [-0.2, 0) is 20.2 Å². The van der Waals surface area contributed by atoms with Gasteiger partial charge in [-0.1, -0.05) is 35.9 Å². The molecule has 17 heteroatoms. The van der Waals surface area contributed by atoms with E-state index in [2.05, 4.69) is 8.37 Å². The van der Waals surface area contributed by atoms with Crippen LogP contribution in [0, 0.1) is 0 Å². The lowest BCUT2D eigenvalue weighted by molar-refractivity contribution is -0.0502. The van der Waals surface area contributed by atoms with Crippen LogP contribution in [-0.4, -0.2) is 39.4 Å². The highest BCUT2D eigenvalue weighted by atomic mass is 35.5. The van der Waals surface area contributed by atoms with Crippen LogP contribution in [0.4, 0.5) is 26.3 Å². The van der Waals surface area contributed by atoms with Gasteiger partial charge in [0.05, 0.1) is 5.56 Å². The average Bonchev–Trinajstić information content (AvgIpc) is 2.67. The van der Waals surface area contributed by atoms with Crippen molar-refractivity contribution in [3.05, 3.63) is 57.6 Å². The summed E-state index contributed by atoms with van der Waals surface area (Å²) < 4.78 is 130. The molecule has 0 N–H and O–H groups in total. The molecular weight excluding hydrogens is 534 g/mol. The van der Waals surface area contributed by atoms with Crippen LogP contribution >= 0.6 is 11.6 Å².